The van der Waals surface area contributed by atoms with Crippen LogP contribution in [0.2, 0.25) is 0 Å². The van der Waals surface area contributed by atoms with Crippen molar-refractivity contribution in [2.24, 2.45) is 0 Å². The van der Waals surface area contributed by atoms with Gasteiger partial charge in [0, 0.05) is 12.7 Å². The van der Waals surface area contributed by atoms with Gasteiger partial charge in [-0.3, -0.25) is 4.79 Å². The van der Waals surface area contributed by atoms with Gasteiger partial charge < -0.3 is 14.2 Å². The Labute approximate surface area is 173 Å². The zero-order valence-electron chi connectivity index (χ0n) is 16.8. The maximum Gasteiger partial charge on any atom is 0.214 e. The van der Waals surface area contributed by atoms with E-state index in [-0.39, 0.29) is 11.5 Å². The van der Waals surface area contributed by atoms with E-state index in [2.05, 4.69) is 15.3 Å². The van der Waals surface area contributed by atoms with Gasteiger partial charge in [0.05, 0.1) is 38.3 Å². The third-order valence-electron chi connectivity index (χ3n) is 4.68. The summed E-state index contributed by atoms with van der Waals surface area (Å²) < 4.78 is 17.4. The molecule has 0 N–H and O–H groups in total. The summed E-state index contributed by atoms with van der Waals surface area (Å²) in [6.45, 7) is 0.312. The van der Waals surface area contributed by atoms with E-state index in [9.17, 15) is 4.79 Å². The number of nitrogens with zero attached hydrogens (tertiary/aromatic N) is 4. The van der Waals surface area contributed by atoms with Gasteiger partial charge in [0.15, 0.2) is 22.8 Å². The first-order valence-electron chi connectivity index (χ1n) is 9.22. The molecule has 4 aromatic rings. The van der Waals surface area contributed by atoms with Crippen LogP contribution in [0, 0.1) is 0 Å². The summed E-state index contributed by atoms with van der Waals surface area (Å²) in [7, 11) is 4.67. The zero-order chi connectivity index (χ0) is 21.1. The quantitative estimate of drug-likeness (QED) is 0.437. The van der Waals surface area contributed by atoms with Crippen LogP contribution in [0.15, 0.2) is 54.7 Å². The lowest BCUT2D eigenvalue weighted by molar-refractivity contribution is 0.103. The van der Waals surface area contributed by atoms with E-state index in [4.69, 9.17) is 14.2 Å². The molecule has 2 heterocycles. The number of fused-ring (bicyclic) bond motifs is 1. The Bertz CT molecular complexity index is 1200. The van der Waals surface area contributed by atoms with E-state index in [1.807, 2.05) is 30.3 Å². The molecule has 0 aliphatic rings. The average molecular weight is 404 g/mol. The molecule has 0 fully saturated rings. The number of benzene rings is 2. The van der Waals surface area contributed by atoms with Crippen LogP contribution in [0.3, 0.4) is 0 Å². The Morgan fingerprint density at radius 3 is 2.43 bits per heavy atom. The molecular weight excluding hydrogens is 384 g/mol. The van der Waals surface area contributed by atoms with Crippen LogP contribution in [0.4, 0.5) is 0 Å². The number of aromatic nitrogens is 4. The van der Waals surface area contributed by atoms with Crippen LogP contribution in [0.5, 0.6) is 11.5 Å². The third-order valence-corrected chi connectivity index (χ3v) is 4.68. The van der Waals surface area contributed by atoms with Gasteiger partial charge in [-0.2, -0.15) is 5.10 Å². The number of methoxy groups -OCH3 is 3. The van der Waals surface area contributed by atoms with Crippen LogP contribution in [0.1, 0.15) is 21.7 Å². The van der Waals surface area contributed by atoms with E-state index in [1.165, 1.54) is 7.11 Å². The van der Waals surface area contributed by atoms with E-state index in [0.717, 1.165) is 11.1 Å². The second kappa shape index (κ2) is 8.30. The highest BCUT2D eigenvalue weighted by atomic mass is 16.5. The summed E-state index contributed by atoms with van der Waals surface area (Å²) >= 11 is 0. The molecule has 30 heavy (non-hydrogen) atoms. The fourth-order valence-corrected chi connectivity index (χ4v) is 3.27. The number of hydrogen-bond acceptors (Lipinski definition) is 7. The summed E-state index contributed by atoms with van der Waals surface area (Å²) in [4.78, 5) is 13.0. The third kappa shape index (κ3) is 3.48. The average Bonchev–Trinajstić information content (AvgIpc) is 3.16. The number of rotatable bonds is 7. The minimum absolute atomic E-state index is 0.167. The molecule has 0 saturated heterocycles. The Balaban J connectivity index is 1.78. The minimum atomic E-state index is -0.296. The standard InChI is InChI=1S/C22H20N4O4/c1-28-13-17-20(14-7-5-4-6-8-14)22-24-23-16(12-26(22)25-17)21(27)15-9-10-18(29-2)19(11-15)30-3/h4-12H,13H2,1-3H3. The normalized spacial score (nSPS) is 10.9. The van der Waals surface area contributed by atoms with Crippen molar-refractivity contribution >= 4 is 11.4 Å². The van der Waals surface area contributed by atoms with Crippen molar-refractivity contribution in [2.75, 3.05) is 21.3 Å². The van der Waals surface area contributed by atoms with Crippen LogP contribution in [-0.2, 0) is 11.3 Å². The molecule has 152 valence electrons. The molecule has 4 rings (SSSR count). The number of carbonyl (C=O) groups is 1. The second-order valence-electron chi connectivity index (χ2n) is 6.50. The Kier molecular flexibility index (Phi) is 5.40. The van der Waals surface area contributed by atoms with E-state index < -0.39 is 0 Å². The first-order chi connectivity index (χ1) is 14.7. The molecule has 8 heteroatoms. The van der Waals surface area contributed by atoms with Gasteiger partial charge >= 0.3 is 0 Å². The monoisotopic (exact) mass is 404 g/mol. The lowest BCUT2D eigenvalue weighted by Crippen LogP contribution is -2.08. The van der Waals surface area contributed by atoms with Gasteiger partial charge in [-0.15, -0.1) is 10.2 Å². The molecule has 0 bridgehead atoms. The number of ketones is 1. The van der Waals surface area contributed by atoms with Crippen molar-refractivity contribution in [3.05, 3.63) is 71.7 Å². The molecule has 0 atom stereocenters. The largest absolute Gasteiger partial charge is 0.493 e. The maximum absolute atomic E-state index is 13.0. The predicted octanol–water partition coefficient (Wildman–Crippen LogP) is 3.19. The molecule has 0 spiro atoms. The summed E-state index contributed by atoms with van der Waals surface area (Å²) in [5.41, 5.74) is 3.63. The fraction of sp³-hybridized carbons (Fsp3) is 0.182. The number of ether oxygens (including phenoxy) is 3. The molecule has 0 aliphatic heterocycles. The lowest BCUT2D eigenvalue weighted by atomic mass is 10.1. The summed E-state index contributed by atoms with van der Waals surface area (Å²) in [6, 6.07) is 14.7. The van der Waals surface area contributed by atoms with Gasteiger partial charge in [-0.25, -0.2) is 4.52 Å². The van der Waals surface area contributed by atoms with E-state index in [1.54, 1.807) is 43.1 Å². The van der Waals surface area contributed by atoms with Gasteiger partial charge in [-0.1, -0.05) is 30.3 Å². The minimum Gasteiger partial charge on any atom is -0.493 e. The molecule has 0 aliphatic carbocycles. The van der Waals surface area contributed by atoms with Gasteiger partial charge in [0.25, 0.3) is 0 Å². The van der Waals surface area contributed by atoms with Crippen LogP contribution >= 0.6 is 0 Å². The maximum atomic E-state index is 13.0. The molecular formula is C22H20N4O4. The van der Waals surface area contributed by atoms with Crippen molar-refractivity contribution < 1.29 is 19.0 Å². The predicted molar refractivity (Wildman–Crippen MR) is 110 cm³/mol. The van der Waals surface area contributed by atoms with Crippen molar-refractivity contribution in [1.29, 1.82) is 0 Å². The summed E-state index contributed by atoms with van der Waals surface area (Å²) in [5.74, 6) is 0.708. The molecule has 2 aromatic heterocycles. The summed E-state index contributed by atoms with van der Waals surface area (Å²) in [5, 5.41) is 13.0. The van der Waals surface area contributed by atoms with Crippen molar-refractivity contribution in [3.63, 3.8) is 0 Å². The molecule has 0 amide bonds. The Morgan fingerprint density at radius 1 is 0.967 bits per heavy atom. The number of hydrogen-bond donors (Lipinski definition) is 0. The van der Waals surface area contributed by atoms with Crippen molar-refractivity contribution in [1.82, 2.24) is 19.8 Å². The molecule has 0 unspecified atom stereocenters. The highest BCUT2D eigenvalue weighted by molar-refractivity contribution is 6.08. The Morgan fingerprint density at radius 2 is 1.73 bits per heavy atom. The summed E-state index contributed by atoms with van der Waals surface area (Å²) in [6.07, 6.45) is 1.58. The lowest BCUT2D eigenvalue weighted by Gasteiger charge is -2.08. The molecule has 8 nitrogen and oxygen atoms in total. The molecule has 0 radical (unpaired) electrons. The first kappa shape index (κ1) is 19.5. The molecule has 2 aromatic carbocycles. The Hall–Kier alpha value is -3.78. The number of carbonyl (C=O) groups excluding carboxylic acids is 1. The van der Waals surface area contributed by atoms with Gasteiger partial charge in [0.2, 0.25) is 5.78 Å². The van der Waals surface area contributed by atoms with E-state index >= 15 is 0 Å². The zero-order valence-corrected chi connectivity index (χ0v) is 16.8. The van der Waals surface area contributed by atoms with Crippen molar-refractivity contribution in [2.45, 2.75) is 6.61 Å². The highest BCUT2D eigenvalue weighted by Gasteiger charge is 2.20. The first-order valence-corrected chi connectivity index (χ1v) is 9.22. The van der Waals surface area contributed by atoms with Gasteiger partial charge in [0.1, 0.15) is 0 Å². The van der Waals surface area contributed by atoms with Crippen LogP contribution in [0.25, 0.3) is 16.8 Å². The van der Waals surface area contributed by atoms with E-state index in [0.29, 0.717) is 35.0 Å². The van der Waals surface area contributed by atoms with Crippen molar-refractivity contribution in [3.8, 4) is 22.6 Å². The van der Waals surface area contributed by atoms with Crippen LogP contribution in [-0.4, -0.2) is 46.9 Å². The smallest absolute Gasteiger partial charge is 0.214 e. The fourth-order valence-electron chi connectivity index (χ4n) is 3.27. The van der Waals surface area contributed by atoms with Crippen LogP contribution < -0.4 is 9.47 Å². The molecule has 0 saturated carbocycles. The second-order valence-corrected chi connectivity index (χ2v) is 6.50. The van der Waals surface area contributed by atoms with Gasteiger partial charge in [-0.05, 0) is 23.8 Å². The topological polar surface area (TPSA) is 87.8 Å². The highest BCUT2D eigenvalue weighted by Crippen LogP contribution is 2.29. The SMILES string of the molecule is COCc1nn2cc(C(=O)c3ccc(OC)c(OC)c3)nnc2c1-c1ccccc1.